The molecule has 20 heavy (non-hydrogen) atoms. The summed E-state index contributed by atoms with van der Waals surface area (Å²) in [5.74, 6) is 0.775. The Balaban J connectivity index is 2.20. The van der Waals surface area contributed by atoms with Gasteiger partial charge in [-0.1, -0.05) is 0 Å². The van der Waals surface area contributed by atoms with Crippen LogP contribution in [0, 0.1) is 0 Å². The first kappa shape index (κ1) is 13.3. The highest BCUT2D eigenvalue weighted by atomic mass is 32.1. The minimum atomic E-state index is -0.0457. The van der Waals surface area contributed by atoms with Crippen molar-refractivity contribution in [1.29, 1.82) is 0 Å². The van der Waals surface area contributed by atoms with E-state index in [-0.39, 0.29) is 5.56 Å². The fourth-order valence-electron chi connectivity index (χ4n) is 2.45. The maximum Gasteiger partial charge on any atom is 0.283 e. The normalized spacial score (nSPS) is 15.4. The van der Waals surface area contributed by atoms with E-state index in [0.29, 0.717) is 0 Å². The Bertz CT molecular complexity index is 741. The van der Waals surface area contributed by atoms with Gasteiger partial charge in [-0.15, -0.1) is 11.3 Å². The van der Waals surface area contributed by atoms with E-state index in [1.165, 1.54) is 27.9 Å². The van der Waals surface area contributed by atoms with Crippen molar-refractivity contribution >= 4 is 27.4 Å². The second-order valence-electron chi connectivity index (χ2n) is 5.33. The topological polar surface area (TPSA) is 50.5 Å². The summed E-state index contributed by atoms with van der Waals surface area (Å²) in [6.45, 7) is 1.87. The zero-order valence-corrected chi connectivity index (χ0v) is 12.8. The summed E-state index contributed by atoms with van der Waals surface area (Å²) in [7, 11) is 3.81. The minimum absolute atomic E-state index is 0.0457. The van der Waals surface area contributed by atoms with Crippen LogP contribution in [-0.4, -0.2) is 34.5 Å². The highest BCUT2D eigenvalue weighted by molar-refractivity contribution is 7.18. The van der Waals surface area contributed by atoms with Crippen LogP contribution in [0.15, 0.2) is 16.2 Å². The molecule has 0 saturated carbocycles. The fourth-order valence-corrected chi connectivity index (χ4v) is 3.67. The minimum Gasteiger partial charge on any atom is -0.365 e. The first-order chi connectivity index (χ1) is 9.58. The molecule has 0 bridgehead atoms. The van der Waals surface area contributed by atoms with E-state index >= 15 is 0 Å². The zero-order valence-electron chi connectivity index (χ0n) is 12.0. The molecule has 1 aliphatic carbocycles. The summed E-state index contributed by atoms with van der Waals surface area (Å²) in [6.07, 6.45) is 5.97. The van der Waals surface area contributed by atoms with Crippen molar-refractivity contribution in [2.24, 2.45) is 5.10 Å². The van der Waals surface area contributed by atoms with Crippen molar-refractivity contribution in [3.8, 4) is 0 Å². The van der Waals surface area contributed by atoms with Gasteiger partial charge in [0, 0.05) is 19.0 Å². The van der Waals surface area contributed by atoms with E-state index in [0.717, 1.165) is 35.3 Å². The van der Waals surface area contributed by atoms with Crippen molar-refractivity contribution in [2.75, 3.05) is 14.1 Å². The third-order valence-corrected chi connectivity index (χ3v) is 4.96. The van der Waals surface area contributed by atoms with Gasteiger partial charge in [0.15, 0.2) is 0 Å². The Hall–Kier alpha value is -1.69. The van der Waals surface area contributed by atoms with Crippen molar-refractivity contribution in [3.05, 3.63) is 27.1 Å². The molecule has 2 aromatic rings. The highest BCUT2D eigenvalue weighted by Gasteiger charge is 2.19. The standard InChI is InChI=1S/C14H18N4OS/c1-9(17(2)3)16-18-8-15-13-12(14(18)19)10-6-4-5-7-11(10)20-13/h8H,4-7H2,1-3H3/b16-9-. The van der Waals surface area contributed by atoms with Gasteiger partial charge >= 0.3 is 0 Å². The summed E-state index contributed by atoms with van der Waals surface area (Å²) in [6, 6.07) is 0. The number of amidine groups is 1. The molecular weight excluding hydrogens is 272 g/mol. The second-order valence-corrected chi connectivity index (χ2v) is 6.41. The van der Waals surface area contributed by atoms with Gasteiger partial charge in [-0.2, -0.15) is 9.78 Å². The van der Waals surface area contributed by atoms with Crippen LogP contribution in [0.1, 0.15) is 30.2 Å². The summed E-state index contributed by atoms with van der Waals surface area (Å²) in [5, 5.41) is 5.11. The summed E-state index contributed by atoms with van der Waals surface area (Å²) < 4.78 is 1.36. The lowest BCUT2D eigenvalue weighted by Crippen LogP contribution is -2.24. The molecule has 0 N–H and O–H groups in total. The number of thiophene rings is 1. The summed E-state index contributed by atoms with van der Waals surface area (Å²) in [5.41, 5.74) is 1.16. The van der Waals surface area contributed by atoms with Crippen molar-refractivity contribution < 1.29 is 0 Å². The predicted molar refractivity (Wildman–Crippen MR) is 82.7 cm³/mol. The van der Waals surface area contributed by atoms with Crippen LogP contribution in [0.3, 0.4) is 0 Å². The Morgan fingerprint density at radius 3 is 2.90 bits per heavy atom. The Morgan fingerprint density at radius 1 is 1.40 bits per heavy atom. The van der Waals surface area contributed by atoms with E-state index in [4.69, 9.17) is 0 Å². The number of hydrogen-bond donors (Lipinski definition) is 0. The van der Waals surface area contributed by atoms with Crippen LogP contribution in [0.4, 0.5) is 0 Å². The van der Waals surface area contributed by atoms with Crippen LogP contribution in [0.5, 0.6) is 0 Å². The molecule has 0 aliphatic heterocycles. The molecule has 3 rings (SSSR count). The third-order valence-electron chi connectivity index (χ3n) is 3.76. The molecule has 106 valence electrons. The second kappa shape index (κ2) is 5.01. The molecule has 1 aliphatic rings. The average Bonchev–Trinajstić information content (AvgIpc) is 2.80. The van der Waals surface area contributed by atoms with Gasteiger partial charge in [0.25, 0.3) is 5.56 Å². The van der Waals surface area contributed by atoms with Crippen LogP contribution in [0.2, 0.25) is 0 Å². The quantitative estimate of drug-likeness (QED) is 0.597. The van der Waals surface area contributed by atoms with Gasteiger partial charge in [0.1, 0.15) is 17.0 Å². The van der Waals surface area contributed by atoms with E-state index in [1.54, 1.807) is 11.3 Å². The predicted octanol–water partition coefficient (Wildman–Crippen LogP) is 2.08. The summed E-state index contributed by atoms with van der Waals surface area (Å²) in [4.78, 5) is 21.1. The van der Waals surface area contributed by atoms with Gasteiger partial charge in [-0.05, 0) is 38.2 Å². The first-order valence-electron chi connectivity index (χ1n) is 6.82. The number of aromatic nitrogens is 2. The summed E-state index contributed by atoms with van der Waals surface area (Å²) >= 11 is 1.66. The Kier molecular flexibility index (Phi) is 3.33. The number of hydrogen-bond acceptors (Lipinski definition) is 4. The highest BCUT2D eigenvalue weighted by Crippen LogP contribution is 2.33. The molecule has 0 radical (unpaired) electrons. The molecule has 5 nitrogen and oxygen atoms in total. The Morgan fingerprint density at radius 2 is 2.15 bits per heavy atom. The van der Waals surface area contributed by atoms with Gasteiger partial charge in [0.2, 0.25) is 0 Å². The number of rotatable bonds is 1. The average molecular weight is 290 g/mol. The molecular formula is C14H18N4OS. The van der Waals surface area contributed by atoms with E-state index in [1.807, 2.05) is 25.9 Å². The number of fused-ring (bicyclic) bond motifs is 3. The van der Waals surface area contributed by atoms with E-state index < -0.39 is 0 Å². The third kappa shape index (κ3) is 2.14. The monoisotopic (exact) mass is 290 g/mol. The van der Waals surface area contributed by atoms with Crippen molar-refractivity contribution in [2.45, 2.75) is 32.6 Å². The Labute approximate surface area is 121 Å². The van der Waals surface area contributed by atoms with Crippen LogP contribution < -0.4 is 5.56 Å². The molecule has 0 aromatic carbocycles. The van der Waals surface area contributed by atoms with Gasteiger partial charge in [-0.3, -0.25) is 4.79 Å². The van der Waals surface area contributed by atoms with E-state index in [2.05, 4.69) is 10.1 Å². The van der Waals surface area contributed by atoms with Crippen LogP contribution in [0.25, 0.3) is 10.2 Å². The number of nitrogens with zero attached hydrogens (tertiary/aromatic N) is 4. The van der Waals surface area contributed by atoms with Crippen molar-refractivity contribution in [1.82, 2.24) is 14.6 Å². The first-order valence-corrected chi connectivity index (χ1v) is 7.64. The molecule has 0 fully saturated rings. The van der Waals surface area contributed by atoms with Crippen LogP contribution >= 0.6 is 11.3 Å². The largest absolute Gasteiger partial charge is 0.365 e. The molecule has 0 atom stereocenters. The van der Waals surface area contributed by atoms with Gasteiger partial charge in [0.05, 0.1) is 5.39 Å². The molecule has 2 aromatic heterocycles. The molecule has 2 heterocycles. The maximum atomic E-state index is 12.6. The SMILES string of the molecule is C/C(=N/n1cnc2sc3c(c2c1=O)CCCC3)N(C)C. The fraction of sp³-hybridized carbons (Fsp3) is 0.500. The molecule has 0 unspecified atom stereocenters. The lowest BCUT2D eigenvalue weighted by atomic mass is 9.97. The number of aryl methyl sites for hydroxylation is 2. The smallest absolute Gasteiger partial charge is 0.283 e. The van der Waals surface area contributed by atoms with Gasteiger partial charge in [-0.25, -0.2) is 4.98 Å². The lowest BCUT2D eigenvalue weighted by Gasteiger charge is -2.11. The van der Waals surface area contributed by atoms with Gasteiger partial charge < -0.3 is 4.90 Å². The molecule has 0 spiro atoms. The lowest BCUT2D eigenvalue weighted by molar-refractivity contribution is 0.603. The molecule has 0 saturated heterocycles. The molecule has 6 heteroatoms. The van der Waals surface area contributed by atoms with Crippen LogP contribution in [-0.2, 0) is 12.8 Å². The maximum absolute atomic E-state index is 12.6. The van der Waals surface area contributed by atoms with Crippen molar-refractivity contribution in [3.63, 3.8) is 0 Å². The van der Waals surface area contributed by atoms with E-state index in [9.17, 15) is 4.79 Å². The zero-order chi connectivity index (χ0) is 14.3. The molecule has 0 amide bonds.